The summed E-state index contributed by atoms with van der Waals surface area (Å²) in [6.07, 6.45) is 2.91. The highest BCUT2D eigenvalue weighted by Gasteiger charge is 2.11. The minimum absolute atomic E-state index is 0.111. The fourth-order valence-electron chi connectivity index (χ4n) is 1.94. The number of thiocarbonyl (C=S) groups is 1. The number of nitrogens with zero attached hydrogens (tertiary/aromatic N) is 4. The third-order valence-corrected chi connectivity index (χ3v) is 3.39. The minimum atomic E-state index is -0.335. The van der Waals surface area contributed by atoms with Crippen LogP contribution in [0.3, 0.4) is 0 Å². The van der Waals surface area contributed by atoms with Crippen molar-refractivity contribution < 1.29 is 9.53 Å². The van der Waals surface area contributed by atoms with Gasteiger partial charge >= 0.3 is 0 Å². The fourth-order valence-corrected chi connectivity index (χ4v) is 2.13. The van der Waals surface area contributed by atoms with Crippen molar-refractivity contribution >= 4 is 29.2 Å². The first-order valence-corrected chi connectivity index (χ1v) is 8.66. The number of aryl methyl sites for hydroxylation is 1. The van der Waals surface area contributed by atoms with E-state index in [2.05, 4.69) is 33.0 Å². The Labute approximate surface area is 151 Å². The highest BCUT2D eigenvalue weighted by Crippen LogP contribution is 2.13. The number of carbonyl (C=O) groups excluding carboxylic acids is 1. The van der Waals surface area contributed by atoms with Crippen molar-refractivity contribution in [3.05, 3.63) is 29.8 Å². The first-order chi connectivity index (χ1) is 12.1. The summed E-state index contributed by atoms with van der Waals surface area (Å²) < 4.78 is 5.52. The van der Waals surface area contributed by atoms with Gasteiger partial charge in [-0.3, -0.25) is 15.4 Å². The Balaban J connectivity index is 1.89. The summed E-state index contributed by atoms with van der Waals surface area (Å²) in [5.74, 6) is 0.563. The van der Waals surface area contributed by atoms with Gasteiger partial charge in [0.2, 0.25) is 0 Å². The van der Waals surface area contributed by atoms with Crippen LogP contribution in [0.4, 0.5) is 5.95 Å². The molecule has 0 radical (unpaired) electrons. The van der Waals surface area contributed by atoms with Crippen molar-refractivity contribution in [1.29, 1.82) is 0 Å². The molecule has 0 spiro atoms. The molecule has 2 aromatic rings. The van der Waals surface area contributed by atoms with Gasteiger partial charge in [0.25, 0.3) is 11.9 Å². The number of carbonyl (C=O) groups is 1. The molecule has 0 atom stereocenters. The molecule has 0 fully saturated rings. The molecular formula is C16H22N6O2S. The second-order valence-electron chi connectivity index (χ2n) is 5.35. The minimum Gasteiger partial charge on any atom is -0.494 e. The predicted octanol–water partition coefficient (Wildman–Crippen LogP) is 2.39. The van der Waals surface area contributed by atoms with Gasteiger partial charge < -0.3 is 4.74 Å². The van der Waals surface area contributed by atoms with Gasteiger partial charge in [-0.25, -0.2) is 0 Å². The quantitative estimate of drug-likeness (QED) is 0.696. The number of anilines is 1. The second-order valence-corrected chi connectivity index (χ2v) is 5.76. The lowest BCUT2D eigenvalue weighted by Crippen LogP contribution is -2.34. The van der Waals surface area contributed by atoms with E-state index in [1.54, 1.807) is 18.2 Å². The average molecular weight is 362 g/mol. The van der Waals surface area contributed by atoms with Crippen LogP contribution in [0.25, 0.3) is 0 Å². The number of benzene rings is 1. The van der Waals surface area contributed by atoms with E-state index in [1.165, 1.54) is 4.80 Å². The average Bonchev–Trinajstić information content (AvgIpc) is 3.05. The molecule has 1 amide bonds. The van der Waals surface area contributed by atoms with Crippen LogP contribution in [0.2, 0.25) is 0 Å². The summed E-state index contributed by atoms with van der Waals surface area (Å²) >= 11 is 5.12. The normalized spacial score (nSPS) is 10.3. The Morgan fingerprint density at radius 2 is 2.16 bits per heavy atom. The number of aromatic nitrogens is 4. The Morgan fingerprint density at radius 1 is 1.32 bits per heavy atom. The van der Waals surface area contributed by atoms with Gasteiger partial charge in [-0.15, -0.1) is 5.10 Å². The number of tetrazole rings is 1. The summed E-state index contributed by atoms with van der Waals surface area (Å²) in [6, 6.07) is 6.93. The third kappa shape index (κ3) is 6.11. The monoisotopic (exact) mass is 362 g/mol. The molecule has 9 heteroatoms. The predicted molar refractivity (Wildman–Crippen MR) is 98.6 cm³/mol. The molecular weight excluding hydrogens is 340 g/mol. The van der Waals surface area contributed by atoms with E-state index in [-0.39, 0.29) is 17.0 Å². The van der Waals surface area contributed by atoms with Crippen molar-refractivity contribution in [3.8, 4) is 5.75 Å². The topological polar surface area (TPSA) is 94.0 Å². The molecule has 1 heterocycles. The highest BCUT2D eigenvalue weighted by atomic mass is 32.1. The Hall–Kier alpha value is -2.55. The fraction of sp³-hybridized carbons (Fsp3) is 0.438. The van der Waals surface area contributed by atoms with E-state index < -0.39 is 0 Å². The summed E-state index contributed by atoms with van der Waals surface area (Å²) in [5, 5.41) is 17.3. The molecule has 134 valence electrons. The van der Waals surface area contributed by atoms with Crippen LogP contribution < -0.4 is 15.4 Å². The Kier molecular flexibility index (Phi) is 7.27. The number of rotatable bonds is 8. The molecule has 25 heavy (non-hydrogen) atoms. The van der Waals surface area contributed by atoms with Gasteiger partial charge in [-0.05, 0) is 48.5 Å². The van der Waals surface area contributed by atoms with Gasteiger partial charge in [0.1, 0.15) is 5.75 Å². The molecule has 2 N–H and O–H groups in total. The van der Waals surface area contributed by atoms with Crippen molar-refractivity contribution in [1.82, 2.24) is 25.5 Å². The first-order valence-electron chi connectivity index (χ1n) is 8.25. The maximum atomic E-state index is 12.3. The van der Waals surface area contributed by atoms with E-state index in [0.29, 0.717) is 24.5 Å². The van der Waals surface area contributed by atoms with Gasteiger partial charge in [-0.2, -0.15) is 4.80 Å². The van der Waals surface area contributed by atoms with Crippen molar-refractivity contribution in [3.63, 3.8) is 0 Å². The standard InChI is InChI=1S/C16H22N6O2S/c1-3-5-9-22-20-15(19-21-22)18-16(25)17-14(23)12-7-6-8-13(11-12)24-10-4-2/h6-8,11H,3-5,9-10H2,1-2H3,(H2,17,18,20,23,25). The number of ether oxygens (including phenoxy) is 1. The zero-order chi connectivity index (χ0) is 18.1. The molecule has 0 saturated heterocycles. The maximum Gasteiger partial charge on any atom is 0.269 e. The SMILES string of the molecule is CCCCn1nnc(NC(=S)NC(=O)c2cccc(OCCC)c2)n1. The lowest BCUT2D eigenvalue weighted by Gasteiger charge is -2.08. The lowest BCUT2D eigenvalue weighted by atomic mass is 10.2. The van der Waals surface area contributed by atoms with E-state index in [1.807, 2.05) is 13.0 Å². The smallest absolute Gasteiger partial charge is 0.269 e. The number of hydrogen-bond acceptors (Lipinski definition) is 6. The number of unbranched alkanes of at least 4 members (excludes halogenated alkanes) is 1. The van der Waals surface area contributed by atoms with Crippen molar-refractivity contribution in [2.24, 2.45) is 0 Å². The summed E-state index contributed by atoms with van der Waals surface area (Å²) in [5.41, 5.74) is 0.456. The van der Waals surface area contributed by atoms with E-state index in [0.717, 1.165) is 19.3 Å². The van der Waals surface area contributed by atoms with Crippen molar-refractivity contribution in [2.45, 2.75) is 39.7 Å². The van der Waals surface area contributed by atoms with E-state index >= 15 is 0 Å². The van der Waals surface area contributed by atoms with Crippen LogP contribution in [0.1, 0.15) is 43.5 Å². The molecule has 2 rings (SSSR count). The van der Waals surface area contributed by atoms with Gasteiger partial charge in [0, 0.05) is 5.56 Å². The van der Waals surface area contributed by atoms with Crippen LogP contribution >= 0.6 is 12.2 Å². The largest absolute Gasteiger partial charge is 0.494 e. The van der Waals surface area contributed by atoms with Crippen LogP contribution in [0.5, 0.6) is 5.75 Å². The molecule has 0 aliphatic rings. The summed E-state index contributed by atoms with van der Waals surface area (Å²) in [6.45, 7) is 5.40. The summed E-state index contributed by atoms with van der Waals surface area (Å²) in [4.78, 5) is 13.8. The van der Waals surface area contributed by atoms with E-state index in [9.17, 15) is 4.79 Å². The Morgan fingerprint density at radius 3 is 2.92 bits per heavy atom. The zero-order valence-corrected chi connectivity index (χ0v) is 15.2. The maximum absolute atomic E-state index is 12.3. The zero-order valence-electron chi connectivity index (χ0n) is 14.4. The molecule has 0 bridgehead atoms. The molecule has 0 saturated carbocycles. The molecule has 0 unspecified atom stereocenters. The summed E-state index contributed by atoms with van der Waals surface area (Å²) in [7, 11) is 0. The number of nitrogens with one attached hydrogen (secondary N) is 2. The van der Waals surface area contributed by atoms with Gasteiger partial charge in [0.15, 0.2) is 5.11 Å². The van der Waals surface area contributed by atoms with Crippen LogP contribution in [-0.2, 0) is 6.54 Å². The lowest BCUT2D eigenvalue weighted by molar-refractivity contribution is 0.0977. The third-order valence-electron chi connectivity index (χ3n) is 3.19. The molecule has 0 aliphatic heterocycles. The molecule has 1 aromatic carbocycles. The number of amides is 1. The molecule has 8 nitrogen and oxygen atoms in total. The first kappa shape index (κ1) is 18.8. The Bertz CT molecular complexity index is 718. The highest BCUT2D eigenvalue weighted by molar-refractivity contribution is 7.80. The van der Waals surface area contributed by atoms with Crippen LogP contribution in [0, 0.1) is 0 Å². The number of hydrogen-bond donors (Lipinski definition) is 2. The molecule has 1 aromatic heterocycles. The van der Waals surface area contributed by atoms with Crippen molar-refractivity contribution in [2.75, 3.05) is 11.9 Å². The van der Waals surface area contributed by atoms with E-state index in [4.69, 9.17) is 17.0 Å². The van der Waals surface area contributed by atoms with Gasteiger partial charge in [0.05, 0.1) is 13.2 Å². The van der Waals surface area contributed by atoms with Gasteiger partial charge in [-0.1, -0.05) is 31.4 Å². The van der Waals surface area contributed by atoms with Crippen LogP contribution in [0.15, 0.2) is 24.3 Å². The molecule has 0 aliphatic carbocycles. The van der Waals surface area contributed by atoms with Crippen LogP contribution in [-0.4, -0.2) is 37.8 Å². The second kappa shape index (κ2) is 9.67.